The van der Waals surface area contributed by atoms with Crippen molar-refractivity contribution in [3.63, 3.8) is 0 Å². The molecule has 0 fully saturated rings. The van der Waals surface area contributed by atoms with Crippen molar-refractivity contribution in [2.24, 2.45) is 5.73 Å². The van der Waals surface area contributed by atoms with Gasteiger partial charge in [0.2, 0.25) is 0 Å². The van der Waals surface area contributed by atoms with Crippen LogP contribution < -0.4 is 15.2 Å². The number of halogens is 1. The van der Waals surface area contributed by atoms with Crippen molar-refractivity contribution in [1.82, 2.24) is 0 Å². The van der Waals surface area contributed by atoms with Crippen molar-refractivity contribution in [3.8, 4) is 11.5 Å². The van der Waals surface area contributed by atoms with Crippen molar-refractivity contribution < 1.29 is 9.47 Å². The van der Waals surface area contributed by atoms with Gasteiger partial charge in [-0.25, -0.2) is 0 Å². The van der Waals surface area contributed by atoms with E-state index in [0.29, 0.717) is 6.54 Å². The van der Waals surface area contributed by atoms with Crippen LogP contribution in [0.5, 0.6) is 11.5 Å². The normalized spacial score (nSPS) is 12.0. The van der Waals surface area contributed by atoms with E-state index in [1.165, 1.54) is 0 Å². The molecule has 0 spiro atoms. The van der Waals surface area contributed by atoms with Gasteiger partial charge in [0.15, 0.2) is 0 Å². The van der Waals surface area contributed by atoms with Crippen LogP contribution in [0.3, 0.4) is 0 Å². The summed E-state index contributed by atoms with van der Waals surface area (Å²) < 4.78 is 11.2. The fourth-order valence-corrected chi connectivity index (χ4v) is 2.32. The van der Waals surface area contributed by atoms with E-state index >= 15 is 0 Å². The molecule has 1 atom stereocenters. The Hall–Kier alpha value is -1.71. The number of aryl methyl sites for hydroxylation is 2. The monoisotopic (exact) mass is 305 g/mol. The summed E-state index contributed by atoms with van der Waals surface area (Å²) in [5.74, 6) is 1.59. The fraction of sp³-hybridized carbons (Fsp3) is 0.294. The Kier molecular flexibility index (Phi) is 5.10. The summed E-state index contributed by atoms with van der Waals surface area (Å²) >= 11 is 6.18. The highest BCUT2D eigenvalue weighted by atomic mass is 35.5. The highest BCUT2D eigenvalue weighted by Gasteiger charge is 2.13. The number of ether oxygens (including phenoxy) is 2. The molecule has 0 aliphatic rings. The second kappa shape index (κ2) is 6.83. The van der Waals surface area contributed by atoms with Crippen molar-refractivity contribution >= 4 is 11.6 Å². The third-order valence-corrected chi connectivity index (χ3v) is 3.99. The molecular formula is C17H20ClNO2. The lowest BCUT2D eigenvalue weighted by Crippen LogP contribution is -2.18. The number of methoxy groups -OCH3 is 1. The lowest BCUT2D eigenvalue weighted by Gasteiger charge is -2.19. The van der Waals surface area contributed by atoms with Crippen LogP contribution in [0, 0.1) is 13.8 Å². The molecule has 2 aromatic carbocycles. The number of rotatable bonds is 5. The van der Waals surface area contributed by atoms with E-state index in [-0.39, 0.29) is 6.10 Å². The first-order valence-electron chi connectivity index (χ1n) is 6.82. The SMILES string of the molecule is COc1ccc(C(CN)Oc2cc(C)c(Cl)c(C)c2)cc1. The molecule has 0 aromatic heterocycles. The van der Waals surface area contributed by atoms with Crippen LogP contribution in [0.1, 0.15) is 22.8 Å². The van der Waals surface area contributed by atoms with Gasteiger partial charge in [0.25, 0.3) is 0 Å². The molecule has 0 heterocycles. The summed E-state index contributed by atoms with van der Waals surface area (Å²) in [6.45, 7) is 4.33. The van der Waals surface area contributed by atoms with Crippen LogP contribution in [0.4, 0.5) is 0 Å². The zero-order valence-electron chi connectivity index (χ0n) is 12.5. The largest absolute Gasteiger partial charge is 0.497 e. The Labute approximate surface area is 130 Å². The van der Waals surface area contributed by atoms with Gasteiger partial charge in [0.1, 0.15) is 17.6 Å². The summed E-state index contributed by atoms with van der Waals surface area (Å²) in [4.78, 5) is 0. The fourth-order valence-electron chi connectivity index (χ4n) is 2.21. The molecule has 4 heteroatoms. The Morgan fingerprint density at radius 1 is 1.05 bits per heavy atom. The third-order valence-electron chi connectivity index (χ3n) is 3.39. The van der Waals surface area contributed by atoms with E-state index in [9.17, 15) is 0 Å². The third kappa shape index (κ3) is 3.69. The van der Waals surface area contributed by atoms with E-state index in [2.05, 4.69) is 0 Å². The van der Waals surface area contributed by atoms with E-state index in [0.717, 1.165) is 33.2 Å². The van der Waals surface area contributed by atoms with E-state index in [4.69, 9.17) is 26.8 Å². The second-order valence-corrected chi connectivity index (χ2v) is 5.36. The number of hydrogen-bond donors (Lipinski definition) is 1. The molecule has 2 rings (SSSR count). The smallest absolute Gasteiger partial charge is 0.136 e. The van der Waals surface area contributed by atoms with Gasteiger partial charge in [-0.15, -0.1) is 0 Å². The summed E-state index contributed by atoms with van der Waals surface area (Å²) in [6, 6.07) is 11.6. The molecule has 2 aromatic rings. The van der Waals surface area contributed by atoms with E-state index in [1.807, 2.05) is 50.2 Å². The molecule has 0 saturated carbocycles. The van der Waals surface area contributed by atoms with E-state index < -0.39 is 0 Å². The predicted molar refractivity (Wildman–Crippen MR) is 86.3 cm³/mol. The average Bonchev–Trinajstić information content (AvgIpc) is 2.50. The van der Waals surface area contributed by atoms with Crippen LogP contribution in [0.2, 0.25) is 5.02 Å². The minimum atomic E-state index is -0.198. The quantitative estimate of drug-likeness (QED) is 0.906. The molecule has 0 aliphatic carbocycles. The van der Waals surface area contributed by atoms with Gasteiger partial charge in [-0.05, 0) is 54.8 Å². The molecule has 0 bridgehead atoms. The first-order valence-corrected chi connectivity index (χ1v) is 7.20. The molecule has 112 valence electrons. The Morgan fingerprint density at radius 3 is 2.10 bits per heavy atom. The maximum atomic E-state index is 6.18. The Morgan fingerprint density at radius 2 is 1.62 bits per heavy atom. The van der Waals surface area contributed by atoms with Gasteiger partial charge in [0.05, 0.1) is 7.11 Å². The van der Waals surface area contributed by atoms with Gasteiger partial charge in [-0.2, -0.15) is 0 Å². The number of hydrogen-bond acceptors (Lipinski definition) is 3. The molecular weight excluding hydrogens is 286 g/mol. The van der Waals surface area contributed by atoms with Crippen LogP contribution in [-0.4, -0.2) is 13.7 Å². The van der Waals surface area contributed by atoms with Crippen LogP contribution in [-0.2, 0) is 0 Å². The lowest BCUT2D eigenvalue weighted by molar-refractivity contribution is 0.214. The summed E-state index contributed by atoms with van der Waals surface area (Å²) in [5.41, 5.74) is 8.86. The minimum Gasteiger partial charge on any atom is -0.497 e. The maximum absolute atomic E-state index is 6.18. The Balaban J connectivity index is 2.22. The summed E-state index contributed by atoms with van der Waals surface area (Å²) in [5, 5.41) is 0.774. The average molecular weight is 306 g/mol. The van der Waals surface area contributed by atoms with Crippen molar-refractivity contribution in [2.45, 2.75) is 20.0 Å². The molecule has 3 nitrogen and oxygen atoms in total. The molecule has 0 saturated heterocycles. The molecule has 0 amide bonds. The van der Waals surface area contributed by atoms with Gasteiger partial charge in [0, 0.05) is 11.6 Å². The van der Waals surface area contributed by atoms with Crippen LogP contribution >= 0.6 is 11.6 Å². The summed E-state index contributed by atoms with van der Waals surface area (Å²) in [7, 11) is 1.64. The number of benzene rings is 2. The lowest BCUT2D eigenvalue weighted by atomic mass is 10.1. The topological polar surface area (TPSA) is 44.5 Å². The van der Waals surface area contributed by atoms with Gasteiger partial charge < -0.3 is 15.2 Å². The van der Waals surface area contributed by atoms with Crippen LogP contribution in [0.15, 0.2) is 36.4 Å². The van der Waals surface area contributed by atoms with Gasteiger partial charge in [-0.3, -0.25) is 0 Å². The molecule has 0 radical (unpaired) electrons. The highest BCUT2D eigenvalue weighted by Crippen LogP contribution is 2.29. The van der Waals surface area contributed by atoms with Gasteiger partial charge >= 0.3 is 0 Å². The van der Waals surface area contributed by atoms with Gasteiger partial charge in [-0.1, -0.05) is 23.7 Å². The zero-order chi connectivity index (χ0) is 15.4. The second-order valence-electron chi connectivity index (χ2n) is 4.99. The van der Waals surface area contributed by atoms with Crippen molar-refractivity contribution in [2.75, 3.05) is 13.7 Å². The molecule has 0 aliphatic heterocycles. The van der Waals surface area contributed by atoms with Crippen molar-refractivity contribution in [3.05, 3.63) is 58.1 Å². The van der Waals surface area contributed by atoms with Crippen molar-refractivity contribution in [1.29, 1.82) is 0 Å². The molecule has 21 heavy (non-hydrogen) atoms. The van der Waals surface area contributed by atoms with E-state index in [1.54, 1.807) is 7.11 Å². The maximum Gasteiger partial charge on any atom is 0.136 e. The molecule has 1 unspecified atom stereocenters. The minimum absolute atomic E-state index is 0.198. The standard InChI is InChI=1S/C17H20ClNO2/c1-11-8-15(9-12(2)17(11)18)21-16(10-19)13-4-6-14(20-3)7-5-13/h4-9,16H,10,19H2,1-3H3. The first-order chi connectivity index (χ1) is 10.0. The Bertz CT molecular complexity index is 588. The summed E-state index contributed by atoms with van der Waals surface area (Å²) in [6.07, 6.45) is -0.198. The molecule has 2 N–H and O–H groups in total. The highest BCUT2D eigenvalue weighted by molar-refractivity contribution is 6.32. The first kappa shape index (κ1) is 15.7. The predicted octanol–water partition coefficient (Wildman–Crippen LogP) is 4.04. The zero-order valence-corrected chi connectivity index (χ0v) is 13.3. The number of nitrogens with two attached hydrogens (primary N) is 1. The van der Waals surface area contributed by atoms with Crippen LogP contribution in [0.25, 0.3) is 0 Å².